The van der Waals surface area contributed by atoms with Gasteiger partial charge >= 0.3 is 12.2 Å². The number of anilines is 1. The fourth-order valence-corrected chi connectivity index (χ4v) is 4.33. The maximum Gasteiger partial charge on any atom is 0.401 e. The molecule has 0 spiro atoms. The van der Waals surface area contributed by atoms with Crippen LogP contribution in [0.25, 0.3) is 11.2 Å². The molecule has 1 atom stereocenters. The maximum atomic E-state index is 12.6. The van der Waals surface area contributed by atoms with E-state index in [1.807, 2.05) is 10.8 Å². The number of nitrogens with zero attached hydrogens (tertiary/aromatic N) is 4. The van der Waals surface area contributed by atoms with Crippen LogP contribution in [0.2, 0.25) is 25.7 Å². The van der Waals surface area contributed by atoms with Crippen LogP contribution in [0.1, 0.15) is 12.8 Å². The number of rotatable bonds is 8. The van der Waals surface area contributed by atoms with Gasteiger partial charge < -0.3 is 14.6 Å². The van der Waals surface area contributed by atoms with Crippen molar-refractivity contribution < 1.29 is 22.7 Å². The highest BCUT2D eigenvalue weighted by molar-refractivity contribution is 6.76. The molecular formula is C20H31F3N6O2Si. The zero-order chi connectivity index (χ0) is 23.4. The number of ether oxygens (including phenoxy) is 1. The number of hydrogen-bond donors (Lipinski definition) is 2. The fraction of sp³-hybridized carbons (Fsp3) is 0.650. The van der Waals surface area contributed by atoms with Crippen LogP contribution in [0.4, 0.5) is 23.8 Å². The smallest absolute Gasteiger partial charge is 0.361 e. The minimum absolute atomic E-state index is 0.165. The first kappa shape index (κ1) is 24.5. The van der Waals surface area contributed by atoms with Gasteiger partial charge in [0.1, 0.15) is 12.2 Å². The van der Waals surface area contributed by atoms with Crippen molar-refractivity contribution in [2.24, 2.45) is 0 Å². The second-order valence-corrected chi connectivity index (χ2v) is 15.0. The molecule has 178 valence electrons. The summed E-state index contributed by atoms with van der Waals surface area (Å²) in [5.41, 5.74) is 1.27. The third-order valence-corrected chi connectivity index (χ3v) is 6.88. The number of nitrogens with one attached hydrogen (secondary N) is 2. The van der Waals surface area contributed by atoms with Crippen LogP contribution >= 0.6 is 0 Å². The summed E-state index contributed by atoms with van der Waals surface area (Å²) < 4.78 is 45.5. The van der Waals surface area contributed by atoms with Gasteiger partial charge in [0.15, 0.2) is 11.5 Å². The van der Waals surface area contributed by atoms with E-state index in [-0.39, 0.29) is 18.4 Å². The Morgan fingerprint density at radius 3 is 2.84 bits per heavy atom. The molecule has 3 heterocycles. The molecule has 0 aromatic carbocycles. The third kappa shape index (κ3) is 7.75. The van der Waals surface area contributed by atoms with Crippen LogP contribution in [-0.2, 0) is 11.5 Å². The molecule has 3 rings (SSSR count). The first-order valence-corrected chi connectivity index (χ1v) is 14.5. The second kappa shape index (κ2) is 10.2. The first-order valence-electron chi connectivity index (χ1n) is 10.7. The number of carbonyl (C=O) groups excluding carboxylic acids is 1. The second-order valence-electron chi connectivity index (χ2n) is 9.39. The number of piperidine rings is 1. The Morgan fingerprint density at radius 1 is 1.34 bits per heavy atom. The van der Waals surface area contributed by atoms with E-state index in [0.717, 1.165) is 6.04 Å². The van der Waals surface area contributed by atoms with Gasteiger partial charge in [-0.05, 0) is 31.5 Å². The van der Waals surface area contributed by atoms with Gasteiger partial charge in [-0.2, -0.15) is 13.2 Å². The third-order valence-electron chi connectivity index (χ3n) is 5.18. The van der Waals surface area contributed by atoms with Crippen molar-refractivity contribution in [3.8, 4) is 0 Å². The molecule has 2 aromatic heterocycles. The lowest BCUT2D eigenvalue weighted by atomic mass is 10.1. The molecule has 2 amide bonds. The van der Waals surface area contributed by atoms with Gasteiger partial charge in [0.2, 0.25) is 0 Å². The minimum atomic E-state index is -4.25. The van der Waals surface area contributed by atoms with Crippen molar-refractivity contribution >= 4 is 31.1 Å². The Morgan fingerprint density at radius 2 is 2.12 bits per heavy atom. The van der Waals surface area contributed by atoms with Crippen molar-refractivity contribution in [1.82, 2.24) is 24.8 Å². The van der Waals surface area contributed by atoms with Gasteiger partial charge in [-0.3, -0.25) is 10.2 Å². The number of likely N-dealkylation sites (tertiary alicyclic amines) is 1. The number of aromatic nitrogens is 3. The zero-order valence-corrected chi connectivity index (χ0v) is 19.7. The van der Waals surface area contributed by atoms with E-state index < -0.39 is 26.8 Å². The molecule has 1 fully saturated rings. The Kier molecular flexibility index (Phi) is 7.78. The lowest BCUT2D eigenvalue weighted by Gasteiger charge is -2.33. The van der Waals surface area contributed by atoms with Crippen molar-refractivity contribution in [3.05, 3.63) is 18.5 Å². The van der Waals surface area contributed by atoms with E-state index in [4.69, 9.17) is 4.74 Å². The van der Waals surface area contributed by atoms with E-state index in [1.54, 1.807) is 6.07 Å². The zero-order valence-electron chi connectivity index (χ0n) is 18.7. The highest BCUT2D eigenvalue weighted by Crippen LogP contribution is 2.20. The molecule has 0 radical (unpaired) electrons. The summed E-state index contributed by atoms with van der Waals surface area (Å²) in [5.74, 6) is 0.273. The van der Waals surface area contributed by atoms with E-state index in [0.29, 0.717) is 43.9 Å². The molecule has 2 aromatic rings. The summed E-state index contributed by atoms with van der Waals surface area (Å²) >= 11 is 0. The number of amides is 2. The van der Waals surface area contributed by atoms with Crippen LogP contribution < -0.4 is 10.6 Å². The van der Waals surface area contributed by atoms with E-state index in [9.17, 15) is 18.0 Å². The lowest BCUT2D eigenvalue weighted by molar-refractivity contribution is -0.148. The minimum Gasteiger partial charge on any atom is -0.361 e. The quantitative estimate of drug-likeness (QED) is 0.450. The SMILES string of the molecule is C[Si](C)(C)CCOCn1ccc2nc(NC(=O)NC3CCCN(CC(F)(F)F)C3)cnc21. The van der Waals surface area contributed by atoms with E-state index in [2.05, 4.69) is 40.2 Å². The first-order chi connectivity index (χ1) is 15.0. The van der Waals surface area contributed by atoms with Crippen molar-refractivity contribution in [3.63, 3.8) is 0 Å². The summed E-state index contributed by atoms with van der Waals surface area (Å²) in [7, 11) is -1.15. The average Bonchev–Trinajstić information content (AvgIpc) is 3.05. The van der Waals surface area contributed by atoms with Crippen LogP contribution in [0, 0.1) is 0 Å². The van der Waals surface area contributed by atoms with Crippen LogP contribution in [-0.4, -0.2) is 72.0 Å². The highest BCUT2D eigenvalue weighted by Gasteiger charge is 2.33. The van der Waals surface area contributed by atoms with Gasteiger partial charge in [-0.25, -0.2) is 14.8 Å². The summed E-state index contributed by atoms with van der Waals surface area (Å²) in [6.45, 7) is 7.54. The topological polar surface area (TPSA) is 84.3 Å². The molecule has 32 heavy (non-hydrogen) atoms. The molecule has 0 aliphatic carbocycles. The normalized spacial score (nSPS) is 18.1. The number of carbonyl (C=O) groups is 1. The molecule has 1 aliphatic heterocycles. The Balaban J connectivity index is 1.51. The van der Waals surface area contributed by atoms with E-state index in [1.165, 1.54) is 11.1 Å². The number of fused-ring (bicyclic) bond motifs is 1. The van der Waals surface area contributed by atoms with Crippen molar-refractivity contribution in [2.45, 2.75) is 57.5 Å². The van der Waals surface area contributed by atoms with Crippen LogP contribution in [0.5, 0.6) is 0 Å². The van der Waals surface area contributed by atoms with Crippen LogP contribution in [0.15, 0.2) is 18.5 Å². The molecule has 8 nitrogen and oxygen atoms in total. The van der Waals surface area contributed by atoms with Crippen LogP contribution in [0.3, 0.4) is 0 Å². The molecule has 12 heteroatoms. The van der Waals surface area contributed by atoms with Gasteiger partial charge in [0.05, 0.1) is 12.7 Å². The summed E-state index contributed by atoms with van der Waals surface area (Å²) in [6, 6.07) is 2.02. The summed E-state index contributed by atoms with van der Waals surface area (Å²) in [6.07, 6.45) is 0.274. The van der Waals surface area contributed by atoms with Gasteiger partial charge in [0, 0.05) is 33.5 Å². The molecule has 2 N–H and O–H groups in total. The fourth-order valence-electron chi connectivity index (χ4n) is 3.58. The highest BCUT2D eigenvalue weighted by atomic mass is 28.3. The molecule has 1 unspecified atom stereocenters. The standard InChI is InChI=1S/C20H31F3N6O2Si/c1-32(2,3)10-9-31-14-29-8-6-16-18(29)24-11-17(26-16)27-19(30)25-15-5-4-7-28(12-15)13-20(21,22)23/h6,8,11,15H,4-5,7,9-10,12-14H2,1-3H3,(H2,25,26,27,30). The van der Waals surface area contributed by atoms with Crippen molar-refractivity contribution in [2.75, 3.05) is 31.6 Å². The van der Waals surface area contributed by atoms with Crippen molar-refractivity contribution in [1.29, 1.82) is 0 Å². The molecule has 1 saturated heterocycles. The summed E-state index contributed by atoms with van der Waals surface area (Å²) in [4.78, 5) is 22.4. The Labute approximate surface area is 186 Å². The summed E-state index contributed by atoms with van der Waals surface area (Å²) in [5, 5.41) is 5.36. The molecular weight excluding hydrogens is 441 g/mol. The number of hydrogen-bond acceptors (Lipinski definition) is 5. The molecule has 0 saturated carbocycles. The number of halogens is 3. The molecule has 0 bridgehead atoms. The Bertz CT molecular complexity index is 915. The number of urea groups is 1. The predicted octanol–water partition coefficient (Wildman–Crippen LogP) is 3.89. The van der Waals surface area contributed by atoms with Gasteiger partial charge in [-0.1, -0.05) is 19.6 Å². The predicted molar refractivity (Wildman–Crippen MR) is 119 cm³/mol. The lowest BCUT2D eigenvalue weighted by Crippen LogP contribution is -2.50. The Hall–Kier alpha value is -2.18. The van der Waals surface area contributed by atoms with Gasteiger partial charge in [-0.15, -0.1) is 0 Å². The van der Waals surface area contributed by atoms with E-state index >= 15 is 0 Å². The maximum absolute atomic E-state index is 12.6. The number of alkyl halides is 3. The monoisotopic (exact) mass is 472 g/mol. The average molecular weight is 473 g/mol. The largest absolute Gasteiger partial charge is 0.401 e. The molecule has 1 aliphatic rings. The van der Waals surface area contributed by atoms with Gasteiger partial charge in [0.25, 0.3) is 0 Å².